The molecule has 66 heavy (non-hydrogen) atoms. The highest BCUT2D eigenvalue weighted by atomic mass is 32.1. The number of thiophene rings is 1. The Morgan fingerprint density at radius 2 is 0.924 bits per heavy atom. The highest BCUT2D eigenvalue weighted by Gasteiger charge is 2.21. The molecule has 10 aromatic carbocycles. The molecule has 0 aliphatic heterocycles. The number of allylic oxidation sites excluding steroid dienone is 1. The maximum absolute atomic E-state index is 5.45. The molecule has 0 saturated carbocycles. The summed E-state index contributed by atoms with van der Waals surface area (Å²) < 4.78 is 2.42. The number of benzene rings is 10. The third kappa shape index (κ3) is 6.52. The first-order chi connectivity index (χ1) is 32.6. The van der Waals surface area contributed by atoms with Gasteiger partial charge in [0.15, 0.2) is 17.5 Å². The topological polar surface area (TPSA) is 38.7 Å². The molecule has 2 aromatic heterocycles. The van der Waals surface area contributed by atoms with Crippen molar-refractivity contribution in [3.63, 3.8) is 0 Å². The van der Waals surface area contributed by atoms with Gasteiger partial charge in [0.1, 0.15) is 0 Å². The summed E-state index contributed by atoms with van der Waals surface area (Å²) in [6, 6.07) is 72.5. The largest absolute Gasteiger partial charge is 0.208 e. The van der Waals surface area contributed by atoms with Crippen molar-refractivity contribution in [2.75, 3.05) is 0 Å². The number of hydrogen-bond donors (Lipinski definition) is 0. The molecule has 0 bridgehead atoms. The summed E-state index contributed by atoms with van der Waals surface area (Å²) in [5, 5.41) is 9.40. The van der Waals surface area contributed by atoms with Crippen molar-refractivity contribution in [2.45, 2.75) is 13.3 Å². The molecule has 1 aliphatic rings. The molecule has 0 fully saturated rings. The third-order valence-corrected chi connectivity index (χ3v) is 14.7. The second-order valence-electron chi connectivity index (χ2n) is 17.6. The maximum atomic E-state index is 5.45. The van der Waals surface area contributed by atoms with E-state index in [9.17, 15) is 0 Å². The fourth-order valence-electron chi connectivity index (χ4n) is 10.2. The summed E-state index contributed by atoms with van der Waals surface area (Å²) >= 11 is 1.80. The lowest BCUT2D eigenvalue weighted by molar-refractivity contribution is 0.717. The van der Waals surface area contributed by atoms with Gasteiger partial charge in [0.25, 0.3) is 0 Å². The Morgan fingerprint density at radius 3 is 1.62 bits per heavy atom. The van der Waals surface area contributed by atoms with E-state index in [1.807, 2.05) is 0 Å². The minimum Gasteiger partial charge on any atom is -0.208 e. The number of hydrogen-bond acceptors (Lipinski definition) is 4. The van der Waals surface area contributed by atoms with Crippen molar-refractivity contribution in [3.8, 4) is 67.5 Å². The van der Waals surface area contributed by atoms with Crippen LogP contribution in [0, 0.1) is 5.92 Å². The smallest absolute Gasteiger partial charge is 0.165 e. The van der Waals surface area contributed by atoms with E-state index >= 15 is 0 Å². The van der Waals surface area contributed by atoms with Gasteiger partial charge in [-0.2, -0.15) is 0 Å². The van der Waals surface area contributed by atoms with Gasteiger partial charge < -0.3 is 0 Å². The van der Waals surface area contributed by atoms with Crippen molar-refractivity contribution in [2.24, 2.45) is 5.92 Å². The molecule has 0 spiro atoms. The highest BCUT2D eigenvalue weighted by molar-refractivity contribution is 7.26. The van der Waals surface area contributed by atoms with Gasteiger partial charge in [0.2, 0.25) is 0 Å². The van der Waals surface area contributed by atoms with Crippen molar-refractivity contribution in [1.82, 2.24) is 15.0 Å². The molecule has 3 nitrogen and oxygen atoms in total. The van der Waals surface area contributed by atoms with Crippen molar-refractivity contribution in [3.05, 3.63) is 217 Å². The number of aromatic nitrogens is 3. The molecule has 310 valence electrons. The normalized spacial score (nSPS) is 13.6. The van der Waals surface area contributed by atoms with E-state index in [1.54, 1.807) is 11.3 Å². The average molecular weight is 860 g/mol. The first-order valence-corrected chi connectivity index (χ1v) is 23.5. The molecule has 1 aliphatic carbocycles. The van der Waals surface area contributed by atoms with E-state index in [4.69, 9.17) is 15.0 Å². The van der Waals surface area contributed by atoms with Crippen molar-refractivity contribution < 1.29 is 0 Å². The van der Waals surface area contributed by atoms with Crippen LogP contribution >= 0.6 is 11.3 Å². The lowest BCUT2D eigenvalue weighted by atomic mass is 9.87. The van der Waals surface area contributed by atoms with E-state index in [0.29, 0.717) is 23.4 Å². The van der Waals surface area contributed by atoms with Gasteiger partial charge in [-0.25, -0.2) is 15.0 Å². The molecule has 0 N–H and O–H groups in total. The lowest BCUT2D eigenvalue weighted by Gasteiger charge is -2.18. The van der Waals surface area contributed by atoms with Crippen molar-refractivity contribution in [1.29, 1.82) is 0 Å². The Kier molecular flexibility index (Phi) is 9.07. The minimum absolute atomic E-state index is 0.526. The van der Waals surface area contributed by atoms with Gasteiger partial charge in [0.05, 0.1) is 0 Å². The zero-order chi connectivity index (χ0) is 43.7. The van der Waals surface area contributed by atoms with Gasteiger partial charge in [-0.05, 0) is 126 Å². The first kappa shape index (κ1) is 38.4. The molecule has 0 saturated heterocycles. The summed E-state index contributed by atoms with van der Waals surface area (Å²) in [6.45, 7) is 2.29. The van der Waals surface area contributed by atoms with Crippen LogP contribution in [0.5, 0.6) is 0 Å². The number of nitrogens with zero attached hydrogens (tertiary/aromatic N) is 3. The van der Waals surface area contributed by atoms with Crippen LogP contribution in [0.2, 0.25) is 0 Å². The molecule has 1 atom stereocenters. The zero-order valence-electron chi connectivity index (χ0n) is 36.2. The van der Waals surface area contributed by atoms with Crippen LogP contribution in [-0.2, 0) is 6.42 Å². The van der Waals surface area contributed by atoms with Crippen molar-refractivity contribution >= 4 is 69.9 Å². The van der Waals surface area contributed by atoms with Crippen LogP contribution < -0.4 is 0 Å². The molecular weight excluding hydrogens is 819 g/mol. The standard InChI is InChI=1S/C62H41N3S/c1-38-22-23-40-25-28-43(36-45(40)34-38)47-30-32-55(51-16-7-5-14-49(47)51)60-63-61(65-62(64-60)57-20-11-19-54-53-18-9-10-21-58(53)66-59(54)57)56-33-31-48(50-15-6-8-17-52(50)56)44-29-26-41-24-27-42(35-46(41)37-44)39-12-3-2-4-13-39/h2-33,35-38H,34H2,1H3. The van der Waals surface area contributed by atoms with Crippen LogP contribution in [0.1, 0.15) is 18.1 Å². The molecule has 12 aromatic rings. The Bertz CT molecular complexity index is 3940. The van der Waals surface area contributed by atoms with E-state index in [1.165, 1.54) is 80.8 Å². The summed E-state index contributed by atoms with van der Waals surface area (Å²) in [5.74, 6) is 2.48. The maximum Gasteiger partial charge on any atom is 0.165 e. The molecule has 13 rings (SSSR count). The van der Waals surface area contributed by atoms with Gasteiger partial charge in [0, 0.05) is 36.9 Å². The van der Waals surface area contributed by atoms with E-state index < -0.39 is 0 Å². The van der Waals surface area contributed by atoms with Crippen LogP contribution in [0.3, 0.4) is 0 Å². The monoisotopic (exact) mass is 859 g/mol. The molecule has 4 heteroatoms. The second kappa shape index (κ2) is 15.6. The van der Waals surface area contributed by atoms with Crippen LogP contribution in [0.4, 0.5) is 0 Å². The van der Waals surface area contributed by atoms with Gasteiger partial charge in [-0.3, -0.25) is 0 Å². The number of rotatable bonds is 6. The van der Waals surface area contributed by atoms with Crippen LogP contribution in [0.25, 0.3) is 126 Å². The third-order valence-electron chi connectivity index (χ3n) is 13.5. The Hall–Kier alpha value is -8.05. The SMILES string of the molecule is CC1C=Cc2ccc(-c3ccc(-c4nc(-c5ccc(-c6ccc7ccc(-c8ccccc8)cc7c6)c6ccccc56)nc(-c5cccc6c5sc5ccccc56)n4)c4ccccc34)cc2C1. The quantitative estimate of drug-likeness (QED) is 0.167. The van der Waals surface area contributed by atoms with E-state index in [2.05, 4.69) is 219 Å². The summed E-state index contributed by atoms with van der Waals surface area (Å²) in [5.41, 5.74) is 12.8. The molecule has 0 radical (unpaired) electrons. The van der Waals surface area contributed by atoms with Crippen LogP contribution in [-0.4, -0.2) is 15.0 Å². The lowest BCUT2D eigenvalue weighted by Crippen LogP contribution is -2.03. The highest BCUT2D eigenvalue weighted by Crippen LogP contribution is 2.43. The van der Waals surface area contributed by atoms with Gasteiger partial charge in [-0.15, -0.1) is 11.3 Å². The Labute approximate surface area is 387 Å². The predicted octanol–water partition coefficient (Wildman–Crippen LogP) is 16.9. The molecule has 0 amide bonds. The fraction of sp³-hybridized carbons (Fsp3) is 0.0484. The molecular formula is C62H41N3S. The molecule has 1 unspecified atom stereocenters. The average Bonchev–Trinajstić information content (AvgIpc) is 3.77. The fourth-order valence-corrected chi connectivity index (χ4v) is 11.4. The van der Waals surface area contributed by atoms with E-state index in [-0.39, 0.29) is 0 Å². The number of fused-ring (bicyclic) bond motifs is 7. The van der Waals surface area contributed by atoms with Gasteiger partial charge in [-0.1, -0.05) is 183 Å². The molecule has 2 heterocycles. The zero-order valence-corrected chi connectivity index (χ0v) is 37.1. The Morgan fingerprint density at radius 1 is 0.394 bits per heavy atom. The predicted molar refractivity (Wildman–Crippen MR) is 280 cm³/mol. The Balaban J connectivity index is 0.999. The summed E-state index contributed by atoms with van der Waals surface area (Å²) in [6.07, 6.45) is 5.63. The summed E-state index contributed by atoms with van der Waals surface area (Å²) in [7, 11) is 0. The second-order valence-corrected chi connectivity index (χ2v) is 18.6. The summed E-state index contributed by atoms with van der Waals surface area (Å²) in [4.78, 5) is 16.3. The van der Waals surface area contributed by atoms with Gasteiger partial charge >= 0.3 is 0 Å². The minimum atomic E-state index is 0.526. The first-order valence-electron chi connectivity index (χ1n) is 22.7. The van der Waals surface area contributed by atoms with E-state index in [0.717, 1.165) is 39.3 Å². The van der Waals surface area contributed by atoms with Crippen LogP contribution in [0.15, 0.2) is 206 Å².